The Morgan fingerprint density at radius 3 is 2.35 bits per heavy atom. The number of nitrogens with zero attached hydrogens (tertiary/aromatic N) is 1. The second-order valence-electron chi connectivity index (χ2n) is 6.14. The van der Waals surface area contributed by atoms with Crippen LogP contribution in [0.25, 0.3) is 0 Å². The molecule has 2 heteroatoms. The summed E-state index contributed by atoms with van der Waals surface area (Å²) in [4.78, 5) is 2.49. The molecule has 1 aliphatic rings. The highest BCUT2D eigenvalue weighted by Crippen LogP contribution is 2.23. The molecule has 0 aliphatic carbocycles. The highest BCUT2D eigenvalue weighted by Gasteiger charge is 2.30. The molecule has 1 fully saturated rings. The minimum atomic E-state index is 0.660. The summed E-state index contributed by atoms with van der Waals surface area (Å²) in [5, 5.41) is 3.89. The molecule has 0 radical (unpaired) electrons. The maximum Gasteiger partial charge on any atom is 0.0122 e. The molecule has 2 nitrogen and oxygen atoms in total. The first-order valence-corrected chi connectivity index (χ1v) is 7.45. The van der Waals surface area contributed by atoms with Crippen LogP contribution in [0.15, 0.2) is 0 Å². The first kappa shape index (κ1) is 15.0. The van der Waals surface area contributed by atoms with Gasteiger partial charge < -0.3 is 10.2 Å². The Labute approximate surface area is 108 Å². The number of hydrogen-bond acceptors (Lipinski definition) is 2. The molecule has 0 spiro atoms. The van der Waals surface area contributed by atoms with E-state index in [1.165, 1.54) is 25.8 Å². The van der Waals surface area contributed by atoms with E-state index in [1.807, 2.05) is 0 Å². The maximum atomic E-state index is 3.89. The van der Waals surface area contributed by atoms with E-state index in [2.05, 4.69) is 51.9 Å². The summed E-state index contributed by atoms with van der Waals surface area (Å²) < 4.78 is 0. The van der Waals surface area contributed by atoms with Crippen LogP contribution in [-0.4, -0.2) is 36.6 Å². The number of rotatable bonds is 5. The van der Waals surface area contributed by atoms with Crippen molar-refractivity contribution < 1.29 is 0 Å². The first-order valence-electron chi connectivity index (χ1n) is 7.45. The van der Waals surface area contributed by atoms with Crippen LogP contribution in [0.1, 0.15) is 53.9 Å². The minimum absolute atomic E-state index is 0.660. The molecule has 1 N–H and O–H groups in total. The topological polar surface area (TPSA) is 15.3 Å². The summed E-state index contributed by atoms with van der Waals surface area (Å²) in [6, 6.07) is 2.09. The molecule has 0 aromatic rings. The third kappa shape index (κ3) is 3.96. The Kier molecular flexibility index (Phi) is 5.94. The van der Waals surface area contributed by atoms with Gasteiger partial charge in [-0.3, -0.25) is 0 Å². The zero-order valence-corrected chi connectivity index (χ0v) is 12.7. The lowest BCUT2D eigenvalue weighted by atomic mass is 9.87. The van der Waals surface area contributed by atoms with Crippen LogP contribution in [0.4, 0.5) is 0 Å². The summed E-state index contributed by atoms with van der Waals surface area (Å²) >= 11 is 0. The number of likely N-dealkylation sites (tertiary alicyclic amines) is 1. The van der Waals surface area contributed by atoms with E-state index in [4.69, 9.17) is 0 Å². The lowest BCUT2D eigenvalue weighted by molar-refractivity contribution is 0.110. The van der Waals surface area contributed by atoms with Crippen LogP contribution in [-0.2, 0) is 0 Å². The van der Waals surface area contributed by atoms with Crippen LogP contribution < -0.4 is 5.32 Å². The number of nitrogens with one attached hydrogen (secondary N) is 1. The van der Waals surface area contributed by atoms with Crippen molar-refractivity contribution in [3.05, 3.63) is 0 Å². The molecule has 0 amide bonds. The fourth-order valence-electron chi connectivity index (χ4n) is 3.24. The summed E-state index contributed by atoms with van der Waals surface area (Å²) in [5.41, 5.74) is 0. The Hall–Kier alpha value is -0.0800. The molecule has 1 aliphatic heterocycles. The standard InChI is InChI=1S/C15H32N2/c1-7-14(8-2)13(5)16-15-9-12(4)17(6)10-11(15)3/h11-16H,7-10H2,1-6H3. The van der Waals surface area contributed by atoms with Gasteiger partial charge in [0.25, 0.3) is 0 Å². The van der Waals surface area contributed by atoms with Crippen molar-refractivity contribution in [3.8, 4) is 0 Å². The third-order valence-corrected chi connectivity index (χ3v) is 4.84. The summed E-state index contributed by atoms with van der Waals surface area (Å²) in [6.45, 7) is 13.0. The van der Waals surface area contributed by atoms with Crippen LogP contribution in [0.2, 0.25) is 0 Å². The van der Waals surface area contributed by atoms with Gasteiger partial charge in [-0.15, -0.1) is 0 Å². The largest absolute Gasteiger partial charge is 0.311 e. The maximum absolute atomic E-state index is 3.89. The smallest absolute Gasteiger partial charge is 0.0122 e. The second-order valence-corrected chi connectivity index (χ2v) is 6.14. The Bertz CT molecular complexity index is 213. The molecule has 17 heavy (non-hydrogen) atoms. The van der Waals surface area contributed by atoms with Gasteiger partial charge in [-0.25, -0.2) is 0 Å². The van der Waals surface area contributed by atoms with Crippen LogP contribution in [0, 0.1) is 11.8 Å². The van der Waals surface area contributed by atoms with E-state index in [-0.39, 0.29) is 0 Å². The van der Waals surface area contributed by atoms with Crippen molar-refractivity contribution in [1.82, 2.24) is 10.2 Å². The molecule has 1 saturated heterocycles. The van der Waals surface area contributed by atoms with Crippen molar-refractivity contribution in [3.63, 3.8) is 0 Å². The average Bonchev–Trinajstić information content (AvgIpc) is 2.27. The molecule has 0 aromatic heterocycles. The lowest BCUT2D eigenvalue weighted by Gasteiger charge is -2.42. The highest BCUT2D eigenvalue weighted by molar-refractivity contribution is 4.88. The van der Waals surface area contributed by atoms with Gasteiger partial charge in [0.05, 0.1) is 0 Å². The highest BCUT2D eigenvalue weighted by atomic mass is 15.2. The molecule has 1 heterocycles. The summed E-state index contributed by atoms with van der Waals surface area (Å²) in [5.74, 6) is 1.60. The number of piperidine rings is 1. The van der Waals surface area contributed by atoms with Crippen LogP contribution in [0.3, 0.4) is 0 Å². The normalized spacial score (nSPS) is 33.0. The molecule has 102 valence electrons. The SMILES string of the molecule is CCC(CC)C(C)NC1CC(C)N(C)CC1C. The van der Waals surface area contributed by atoms with Gasteiger partial charge in [0, 0.05) is 24.7 Å². The molecule has 4 atom stereocenters. The molecule has 0 bridgehead atoms. The van der Waals surface area contributed by atoms with Gasteiger partial charge in [0.1, 0.15) is 0 Å². The van der Waals surface area contributed by atoms with E-state index in [0.29, 0.717) is 12.1 Å². The Morgan fingerprint density at radius 1 is 1.24 bits per heavy atom. The fraction of sp³-hybridized carbons (Fsp3) is 1.00. The predicted molar refractivity (Wildman–Crippen MR) is 76.3 cm³/mol. The second kappa shape index (κ2) is 6.75. The Balaban J connectivity index is 2.50. The van der Waals surface area contributed by atoms with Gasteiger partial charge in [0.2, 0.25) is 0 Å². The molecule has 4 unspecified atom stereocenters. The van der Waals surface area contributed by atoms with E-state index < -0.39 is 0 Å². The van der Waals surface area contributed by atoms with Crippen molar-refractivity contribution in [2.75, 3.05) is 13.6 Å². The number of hydrogen-bond donors (Lipinski definition) is 1. The van der Waals surface area contributed by atoms with E-state index in [9.17, 15) is 0 Å². The minimum Gasteiger partial charge on any atom is -0.311 e. The predicted octanol–water partition coefficient (Wildman–Crippen LogP) is 3.13. The molecular formula is C15H32N2. The van der Waals surface area contributed by atoms with Crippen molar-refractivity contribution in [1.29, 1.82) is 0 Å². The quantitative estimate of drug-likeness (QED) is 0.794. The third-order valence-electron chi connectivity index (χ3n) is 4.84. The molecule has 0 aromatic carbocycles. The molecular weight excluding hydrogens is 208 g/mol. The molecule has 0 saturated carbocycles. The average molecular weight is 240 g/mol. The van der Waals surface area contributed by atoms with Crippen molar-refractivity contribution in [2.24, 2.45) is 11.8 Å². The molecule has 1 rings (SSSR count). The van der Waals surface area contributed by atoms with E-state index in [0.717, 1.165) is 17.9 Å². The lowest BCUT2D eigenvalue weighted by Crippen LogP contribution is -2.53. The van der Waals surface area contributed by atoms with Gasteiger partial charge in [-0.1, -0.05) is 33.6 Å². The van der Waals surface area contributed by atoms with Gasteiger partial charge in [-0.05, 0) is 39.2 Å². The van der Waals surface area contributed by atoms with E-state index in [1.54, 1.807) is 0 Å². The van der Waals surface area contributed by atoms with Gasteiger partial charge >= 0.3 is 0 Å². The summed E-state index contributed by atoms with van der Waals surface area (Å²) in [6.07, 6.45) is 3.88. The Morgan fingerprint density at radius 2 is 1.82 bits per heavy atom. The van der Waals surface area contributed by atoms with E-state index >= 15 is 0 Å². The summed E-state index contributed by atoms with van der Waals surface area (Å²) in [7, 11) is 2.25. The van der Waals surface area contributed by atoms with Crippen LogP contribution in [0.5, 0.6) is 0 Å². The monoisotopic (exact) mass is 240 g/mol. The van der Waals surface area contributed by atoms with Crippen LogP contribution >= 0.6 is 0 Å². The van der Waals surface area contributed by atoms with Gasteiger partial charge in [0.15, 0.2) is 0 Å². The zero-order valence-electron chi connectivity index (χ0n) is 12.7. The van der Waals surface area contributed by atoms with Crippen molar-refractivity contribution >= 4 is 0 Å². The fourth-order valence-corrected chi connectivity index (χ4v) is 3.24. The zero-order chi connectivity index (χ0) is 13.0. The first-order chi connectivity index (χ1) is 7.99. The van der Waals surface area contributed by atoms with Gasteiger partial charge in [-0.2, -0.15) is 0 Å². The van der Waals surface area contributed by atoms with Crippen molar-refractivity contribution in [2.45, 2.75) is 72.0 Å².